The van der Waals surface area contributed by atoms with Gasteiger partial charge in [0.15, 0.2) is 0 Å². The first kappa shape index (κ1) is 14.2. The highest BCUT2D eigenvalue weighted by atomic mass is 16.2. The van der Waals surface area contributed by atoms with E-state index in [-0.39, 0.29) is 17.9 Å². The second-order valence-electron chi connectivity index (χ2n) is 6.03. The number of piperidine rings is 1. The summed E-state index contributed by atoms with van der Waals surface area (Å²) in [5.41, 5.74) is 2.97. The van der Waals surface area contributed by atoms with E-state index in [4.69, 9.17) is 0 Å². The number of carbonyl (C=O) groups is 2. The Bertz CT molecular complexity index is 763. The van der Waals surface area contributed by atoms with Crippen LogP contribution in [0.4, 0.5) is 5.69 Å². The third-order valence-electron chi connectivity index (χ3n) is 4.59. The molecule has 0 spiro atoms. The molecule has 1 unspecified atom stereocenters. The Kier molecular flexibility index (Phi) is 3.49. The van der Waals surface area contributed by atoms with Crippen molar-refractivity contribution in [2.24, 2.45) is 0 Å². The van der Waals surface area contributed by atoms with Gasteiger partial charge in [0.1, 0.15) is 6.04 Å². The minimum absolute atomic E-state index is 0.198. The number of piperazine rings is 1. The molecule has 1 aromatic heterocycles. The fraction of sp³-hybridized carbons (Fsp3) is 0.438. The van der Waals surface area contributed by atoms with Crippen molar-refractivity contribution < 1.29 is 9.59 Å². The SMILES string of the molecule is O=C1CCC(n2cnc3cc(N4CCNCC4)ccc32)C(=O)N1. The van der Waals surface area contributed by atoms with Crippen LogP contribution in [0.5, 0.6) is 0 Å². The molecule has 2 amide bonds. The molecule has 1 atom stereocenters. The number of benzene rings is 1. The second kappa shape index (κ2) is 5.66. The van der Waals surface area contributed by atoms with Crippen LogP contribution in [0.3, 0.4) is 0 Å². The largest absolute Gasteiger partial charge is 0.369 e. The normalized spacial score (nSPS) is 22.4. The molecule has 2 aromatic rings. The molecule has 2 saturated heterocycles. The lowest BCUT2D eigenvalue weighted by Crippen LogP contribution is -2.43. The van der Waals surface area contributed by atoms with Crippen LogP contribution in [-0.4, -0.2) is 47.5 Å². The van der Waals surface area contributed by atoms with Gasteiger partial charge in [-0.1, -0.05) is 0 Å². The molecule has 0 aliphatic carbocycles. The number of nitrogens with zero attached hydrogens (tertiary/aromatic N) is 3. The van der Waals surface area contributed by atoms with Crippen molar-refractivity contribution in [1.82, 2.24) is 20.2 Å². The topological polar surface area (TPSA) is 79.3 Å². The third kappa shape index (κ3) is 2.57. The highest BCUT2D eigenvalue weighted by Gasteiger charge is 2.29. The van der Waals surface area contributed by atoms with E-state index >= 15 is 0 Å². The lowest BCUT2D eigenvalue weighted by atomic mass is 10.1. The number of fused-ring (bicyclic) bond motifs is 1. The van der Waals surface area contributed by atoms with Gasteiger partial charge in [-0.2, -0.15) is 0 Å². The summed E-state index contributed by atoms with van der Waals surface area (Å²) >= 11 is 0. The van der Waals surface area contributed by atoms with Crippen molar-refractivity contribution >= 4 is 28.5 Å². The van der Waals surface area contributed by atoms with E-state index in [1.807, 2.05) is 10.6 Å². The number of hydrogen-bond acceptors (Lipinski definition) is 5. The van der Waals surface area contributed by atoms with E-state index in [1.165, 1.54) is 0 Å². The van der Waals surface area contributed by atoms with Gasteiger partial charge in [0, 0.05) is 38.3 Å². The molecule has 7 nitrogen and oxygen atoms in total. The number of nitrogens with one attached hydrogen (secondary N) is 2. The molecule has 2 N–H and O–H groups in total. The number of aromatic nitrogens is 2. The van der Waals surface area contributed by atoms with Gasteiger partial charge in [-0.25, -0.2) is 4.98 Å². The number of amides is 2. The van der Waals surface area contributed by atoms with E-state index in [0.29, 0.717) is 12.8 Å². The summed E-state index contributed by atoms with van der Waals surface area (Å²) in [5, 5.41) is 5.75. The summed E-state index contributed by atoms with van der Waals surface area (Å²) < 4.78 is 1.87. The summed E-state index contributed by atoms with van der Waals surface area (Å²) in [7, 11) is 0. The van der Waals surface area contributed by atoms with E-state index in [0.717, 1.165) is 42.9 Å². The number of carbonyl (C=O) groups excluding carboxylic acids is 2. The molecule has 3 heterocycles. The maximum Gasteiger partial charge on any atom is 0.249 e. The molecule has 1 aromatic carbocycles. The van der Waals surface area contributed by atoms with E-state index < -0.39 is 0 Å². The van der Waals surface area contributed by atoms with E-state index in [2.05, 4.69) is 32.7 Å². The summed E-state index contributed by atoms with van der Waals surface area (Å²) in [4.78, 5) is 30.2. The number of hydrogen-bond donors (Lipinski definition) is 2. The minimum atomic E-state index is -0.359. The Balaban J connectivity index is 1.65. The average molecular weight is 313 g/mol. The zero-order valence-corrected chi connectivity index (χ0v) is 12.8. The van der Waals surface area contributed by atoms with Crippen LogP contribution in [0.15, 0.2) is 24.5 Å². The number of rotatable bonds is 2. The van der Waals surface area contributed by atoms with Gasteiger partial charge < -0.3 is 14.8 Å². The molecule has 0 radical (unpaired) electrons. The second-order valence-corrected chi connectivity index (χ2v) is 6.03. The lowest BCUT2D eigenvalue weighted by Gasteiger charge is -2.29. The van der Waals surface area contributed by atoms with Gasteiger partial charge in [-0.05, 0) is 24.6 Å². The number of imide groups is 1. The van der Waals surface area contributed by atoms with Gasteiger partial charge >= 0.3 is 0 Å². The number of imidazole rings is 1. The van der Waals surface area contributed by atoms with Crippen LogP contribution in [0, 0.1) is 0 Å². The van der Waals surface area contributed by atoms with Gasteiger partial charge in [-0.15, -0.1) is 0 Å². The van der Waals surface area contributed by atoms with Crippen LogP contribution >= 0.6 is 0 Å². The van der Waals surface area contributed by atoms with Crippen molar-refractivity contribution in [3.63, 3.8) is 0 Å². The Labute approximate surface area is 133 Å². The first-order chi connectivity index (χ1) is 11.2. The summed E-state index contributed by atoms with van der Waals surface area (Å²) in [6.07, 6.45) is 2.59. The first-order valence-corrected chi connectivity index (χ1v) is 7.98. The Morgan fingerprint density at radius 1 is 1.17 bits per heavy atom. The van der Waals surface area contributed by atoms with Gasteiger partial charge in [0.25, 0.3) is 0 Å². The van der Waals surface area contributed by atoms with E-state index in [9.17, 15) is 9.59 Å². The molecule has 0 bridgehead atoms. The summed E-state index contributed by atoms with van der Waals surface area (Å²) in [6, 6.07) is 5.81. The monoisotopic (exact) mass is 313 g/mol. The first-order valence-electron chi connectivity index (χ1n) is 7.98. The highest BCUT2D eigenvalue weighted by molar-refractivity contribution is 6.00. The Hall–Kier alpha value is -2.41. The van der Waals surface area contributed by atoms with Gasteiger partial charge in [0.2, 0.25) is 11.8 Å². The quantitative estimate of drug-likeness (QED) is 0.786. The van der Waals surface area contributed by atoms with Crippen LogP contribution < -0.4 is 15.5 Å². The van der Waals surface area contributed by atoms with Crippen LogP contribution in [0.1, 0.15) is 18.9 Å². The van der Waals surface area contributed by atoms with Gasteiger partial charge in [-0.3, -0.25) is 14.9 Å². The summed E-state index contributed by atoms with van der Waals surface area (Å²) in [5.74, 6) is -0.441. The number of anilines is 1. The molecule has 4 rings (SSSR count). The predicted molar refractivity (Wildman–Crippen MR) is 86.2 cm³/mol. The zero-order chi connectivity index (χ0) is 15.8. The molecule has 120 valence electrons. The van der Waals surface area contributed by atoms with Crippen molar-refractivity contribution in [2.75, 3.05) is 31.1 Å². The van der Waals surface area contributed by atoms with Crippen LogP contribution in [-0.2, 0) is 9.59 Å². The highest BCUT2D eigenvalue weighted by Crippen LogP contribution is 2.27. The standard InChI is InChI=1S/C16H19N5O2/c22-15-4-3-14(16(23)19-15)21-10-18-12-9-11(1-2-13(12)21)20-7-5-17-6-8-20/h1-2,9-10,14,17H,3-8H2,(H,19,22,23). The van der Waals surface area contributed by atoms with Gasteiger partial charge in [0.05, 0.1) is 17.4 Å². The fourth-order valence-corrected chi connectivity index (χ4v) is 3.34. The molecule has 2 aliphatic heterocycles. The third-order valence-corrected chi connectivity index (χ3v) is 4.59. The molecular formula is C16H19N5O2. The lowest BCUT2D eigenvalue weighted by molar-refractivity contribution is -0.135. The fourth-order valence-electron chi connectivity index (χ4n) is 3.34. The molecule has 2 fully saturated rings. The minimum Gasteiger partial charge on any atom is -0.369 e. The smallest absolute Gasteiger partial charge is 0.249 e. The Morgan fingerprint density at radius 3 is 2.78 bits per heavy atom. The average Bonchev–Trinajstić information content (AvgIpc) is 2.99. The van der Waals surface area contributed by atoms with Crippen LogP contribution in [0.25, 0.3) is 11.0 Å². The van der Waals surface area contributed by atoms with Crippen molar-refractivity contribution in [3.05, 3.63) is 24.5 Å². The van der Waals surface area contributed by atoms with E-state index in [1.54, 1.807) is 6.33 Å². The van der Waals surface area contributed by atoms with Crippen molar-refractivity contribution in [2.45, 2.75) is 18.9 Å². The molecular weight excluding hydrogens is 294 g/mol. The van der Waals surface area contributed by atoms with Crippen molar-refractivity contribution in [3.8, 4) is 0 Å². The Morgan fingerprint density at radius 2 is 2.00 bits per heavy atom. The molecule has 23 heavy (non-hydrogen) atoms. The molecule has 2 aliphatic rings. The van der Waals surface area contributed by atoms with Crippen molar-refractivity contribution in [1.29, 1.82) is 0 Å². The maximum absolute atomic E-state index is 12.1. The molecule has 0 saturated carbocycles. The molecule has 7 heteroatoms. The summed E-state index contributed by atoms with van der Waals surface area (Å²) in [6.45, 7) is 3.95. The maximum atomic E-state index is 12.1. The zero-order valence-electron chi connectivity index (χ0n) is 12.8. The van der Waals surface area contributed by atoms with Crippen LogP contribution in [0.2, 0.25) is 0 Å². The predicted octanol–water partition coefficient (Wildman–Crippen LogP) is 0.424.